The topological polar surface area (TPSA) is 237 Å². The average Bonchev–Trinajstić information content (AvgIpc) is 3.68. The smallest absolute Gasteiger partial charge is 0.462 e. The van der Waals surface area contributed by atoms with Gasteiger partial charge in [0.25, 0.3) is 0 Å². The Morgan fingerprint density at radius 3 is 0.826 bits per heavy atom. The lowest BCUT2D eigenvalue weighted by atomic mass is 10.00. The number of aliphatic hydroxyl groups is 1. The third-order valence-electron chi connectivity index (χ3n) is 16.2. The third-order valence-corrected chi connectivity index (χ3v) is 18.1. The van der Waals surface area contributed by atoms with Crippen LogP contribution in [0.5, 0.6) is 0 Å². The summed E-state index contributed by atoms with van der Waals surface area (Å²) in [6.07, 6.45) is 43.4. The molecule has 0 aliphatic rings. The number of aliphatic hydroxyl groups excluding tert-OH is 1. The van der Waals surface area contributed by atoms with E-state index < -0.39 is 97.5 Å². The molecule has 0 aliphatic carbocycles. The lowest BCUT2D eigenvalue weighted by molar-refractivity contribution is -0.161. The van der Waals surface area contributed by atoms with E-state index in [4.69, 9.17) is 37.0 Å². The van der Waals surface area contributed by atoms with Crippen molar-refractivity contribution in [1.82, 2.24) is 0 Å². The van der Waals surface area contributed by atoms with Crippen molar-refractivity contribution in [1.29, 1.82) is 0 Å². The van der Waals surface area contributed by atoms with Gasteiger partial charge in [0.2, 0.25) is 0 Å². The molecular formula is C67H130O17P2. The molecule has 0 fully saturated rings. The molecule has 19 heteroatoms. The zero-order valence-corrected chi connectivity index (χ0v) is 57.4. The number of carbonyl (C=O) groups is 4. The van der Waals surface area contributed by atoms with E-state index >= 15 is 0 Å². The fourth-order valence-corrected chi connectivity index (χ4v) is 11.6. The average molecular weight is 1270 g/mol. The molecule has 0 aromatic carbocycles. The zero-order valence-electron chi connectivity index (χ0n) is 55.6. The third kappa shape index (κ3) is 58.4. The highest BCUT2D eigenvalue weighted by Crippen LogP contribution is 2.45. The van der Waals surface area contributed by atoms with Crippen LogP contribution in [-0.4, -0.2) is 96.7 Å². The summed E-state index contributed by atoms with van der Waals surface area (Å²) in [6, 6.07) is 0. The second-order valence-corrected chi connectivity index (χ2v) is 27.6. The minimum atomic E-state index is -4.95. The molecule has 0 saturated heterocycles. The predicted octanol–water partition coefficient (Wildman–Crippen LogP) is 18.8. The van der Waals surface area contributed by atoms with Crippen LogP contribution < -0.4 is 0 Å². The Morgan fingerprint density at radius 2 is 0.558 bits per heavy atom. The van der Waals surface area contributed by atoms with Crippen LogP contribution >= 0.6 is 15.6 Å². The first-order chi connectivity index (χ1) is 41.4. The summed E-state index contributed by atoms with van der Waals surface area (Å²) in [5, 5.41) is 10.5. The van der Waals surface area contributed by atoms with Crippen molar-refractivity contribution in [2.75, 3.05) is 39.6 Å². The Hall–Kier alpha value is -1.94. The molecule has 17 nitrogen and oxygen atoms in total. The van der Waals surface area contributed by atoms with Gasteiger partial charge in [0.15, 0.2) is 12.2 Å². The molecular weight excluding hydrogens is 1140 g/mol. The van der Waals surface area contributed by atoms with E-state index in [-0.39, 0.29) is 25.7 Å². The number of phosphoric acid groups is 2. The molecule has 0 spiro atoms. The number of phosphoric ester groups is 2. The molecule has 4 unspecified atom stereocenters. The molecule has 0 amide bonds. The number of hydrogen-bond donors (Lipinski definition) is 3. The molecule has 86 heavy (non-hydrogen) atoms. The monoisotopic (exact) mass is 1270 g/mol. The van der Waals surface area contributed by atoms with Crippen molar-refractivity contribution < 1.29 is 80.2 Å². The predicted molar refractivity (Wildman–Crippen MR) is 345 cm³/mol. The molecule has 0 aromatic rings. The standard InChI is InChI=1S/C67H130O17P2/c1-7-11-13-15-17-18-19-20-21-22-23-24-25-26-27-28-30-39-45-51-66(71)83-62(56-78-65(70)50-44-38-33-31-35-41-47-59(5)9-3)57-81-85(73,74)79-53-61(68)54-80-86(75,76)82-58-63(55-77-64(69)49-43-37-29-16-14-12-8-2)84-67(72)52-46-40-34-32-36-42-48-60(6)10-4/h59-63,68H,7-58H2,1-6H3,(H,73,74)(H,75,76)/t59?,60?,61-,62-,63-/m1/s1. The van der Waals surface area contributed by atoms with Crippen molar-refractivity contribution in [3.05, 3.63) is 0 Å². The van der Waals surface area contributed by atoms with Crippen molar-refractivity contribution in [3.63, 3.8) is 0 Å². The van der Waals surface area contributed by atoms with E-state index in [9.17, 15) is 43.2 Å². The molecule has 0 aromatic heterocycles. The van der Waals surface area contributed by atoms with E-state index in [1.54, 1.807) is 0 Å². The lowest BCUT2D eigenvalue weighted by Crippen LogP contribution is -2.30. The Labute approximate surface area is 524 Å². The summed E-state index contributed by atoms with van der Waals surface area (Å²) in [5.41, 5.74) is 0. The molecule has 0 bridgehead atoms. The Balaban J connectivity index is 5.16. The maximum absolute atomic E-state index is 13.0. The number of esters is 4. The van der Waals surface area contributed by atoms with Crippen LogP contribution in [0, 0.1) is 11.8 Å². The Morgan fingerprint density at radius 1 is 0.326 bits per heavy atom. The van der Waals surface area contributed by atoms with Crippen LogP contribution in [0.3, 0.4) is 0 Å². The van der Waals surface area contributed by atoms with Gasteiger partial charge >= 0.3 is 39.5 Å². The molecule has 0 rings (SSSR count). The van der Waals surface area contributed by atoms with Gasteiger partial charge in [-0.2, -0.15) is 0 Å². The highest BCUT2D eigenvalue weighted by molar-refractivity contribution is 7.47. The lowest BCUT2D eigenvalue weighted by Gasteiger charge is -2.21. The largest absolute Gasteiger partial charge is 0.472 e. The van der Waals surface area contributed by atoms with Gasteiger partial charge in [-0.1, -0.05) is 286 Å². The number of unbranched alkanes of at least 4 members (excludes halogenated alkanes) is 34. The van der Waals surface area contributed by atoms with Gasteiger partial charge in [-0.3, -0.25) is 37.3 Å². The molecule has 3 N–H and O–H groups in total. The van der Waals surface area contributed by atoms with E-state index in [1.807, 2.05) is 0 Å². The van der Waals surface area contributed by atoms with Crippen LogP contribution in [0.4, 0.5) is 0 Å². The van der Waals surface area contributed by atoms with E-state index in [1.165, 1.54) is 135 Å². The summed E-state index contributed by atoms with van der Waals surface area (Å²) in [6.45, 7) is 9.39. The van der Waals surface area contributed by atoms with Gasteiger partial charge in [-0.05, 0) is 37.5 Å². The normalized spacial score (nSPS) is 14.8. The van der Waals surface area contributed by atoms with Crippen LogP contribution in [0.1, 0.15) is 337 Å². The highest BCUT2D eigenvalue weighted by atomic mass is 31.2. The van der Waals surface area contributed by atoms with Gasteiger partial charge in [-0.15, -0.1) is 0 Å². The van der Waals surface area contributed by atoms with Crippen LogP contribution in [0.2, 0.25) is 0 Å². The maximum Gasteiger partial charge on any atom is 0.472 e. The number of hydrogen-bond acceptors (Lipinski definition) is 15. The SMILES string of the molecule is CCCCCCCCCCCCCCCCCCCCCC(=O)O[C@H](COC(=O)CCCCCCCCC(C)CC)COP(=O)(O)OC[C@@H](O)COP(=O)(O)OC[C@@H](COC(=O)CCCCCCCCC)OC(=O)CCCCCCCCC(C)CC. The molecule has 0 saturated carbocycles. The zero-order chi connectivity index (χ0) is 63.6. The second-order valence-electron chi connectivity index (χ2n) is 24.7. The summed E-state index contributed by atoms with van der Waals surface area (Å²) in [7, 11) is -9.89. The van der Waals surface area contributed by atoms with Gasteiger partial charge in [0.05, 0.1) is 26.4 Å². The fraction of sp³-hybridized carbons (Fsp3) is 0.940. The highest BCUT2D eigenvalue weighted by Gasteiger charge is 2.30. The molecule has 0 aliphatic heterocycles. The second kappa shape index (κ2) is 59.4. The van der Waals surface area contributed by atoms with E-state index in [0.717, 1.165) is 121 Å². The number of rotatable bonds is 66. The minimum absolute atomic E-state index is 0.102. The van der Waals surface area contributed by atoms with Gasteiger partial charge < -0.3 is 33.8 Å². The van der Waals surface area contributed by atoms with E-state index in [0.29, 0.717) is 25.7 Å². The quantitative estimate of drug-likeness (QED) is 0.0222. The fourth-order valence-electron chi connectivity index (χ4n) is 10.00. The van der Waals surface area contributed by atoms with Gasteiger partial charge in [-0.25, -0.2) is 9.13 Å². The molecule has 0 radical (unpaired) electrons. The summed E-state index contributed by atoms with van der Waals surface area (Å²) < 4.78 is 68.0. The van der Waals surface area contributed by atoms with Gasteiger partial charge in [0, 0.05) is 25.7 Å². The summed E-state index contributed by atoms with van der Waals surface area (Å²) in [4.78, 5) is 72.2. The first kappa shape index (κ1) is 84.1. The van der Waals surface area contributed by atoms with Crippen molar-refractivity contribution in [2.24, 2.45) is 11.8 Å². The first-order valence-corrected chi connectivity index (χ1v) is 38.1. The van der Waals surface area contributed by atoms with Crippen molar-refractivity contribution in [3.8, 4) is 0 Å². The van der Waals surface area contributed by atoms with E-state index in [2.05, 4.69) is 41.5 Å². The van der Waals surface area contributed by atoms with Crippen LogP contribution in [0.15, 0.2) is 0 Å². The van der Waals surface area contributed by atoms with Crippen molar-refractivity contribution in [2.45, 2.75) is 355 Å². The minimum Gasteiger partial charge on any atom is -0.462 e. The van der Waals surface area contributed by atoms with Crippen molar-refractivity contribution >= 4 is 39.5 Å². The summed E-state index contributed by atoms with van der Waals surface area (Å²) in [5.74, 6) is -0.687. The Kier molecular flexibility index (Phi) is 58.0. The number of carbonyl (C=O) groups excluding carboxylic acids is 4. The number of ether oxygens (including phenoxy) is 4. The maximum atomic E-state index is 13.0. The summed E-state index contributed by atoms with van der Waals surface area (Å²) >= 11 is 0. The first-order valence-electron chi connectivity index (χ1n) is 35.1. The van der Waals surface area contributed by atoms with Crippen LogP contribution in [0.25, 0.3) is 0 Å². The molecule has 7 atom stereocenters. The van der Waals surface area contributed by atoms with Gasteiger partial charge in [0.1, 0.15) is 19.3 Å². The van der Waals surface area contributed by atoms with Crippen LogP contribution in [-0.2, 0) is 65.4 Å². The molecule has 510 valence electrons. The Bertz CT molecular complexity index is 1690. The molecule has 0 heterocycles.